The summed E-state index contributed by atoms with van der Waals surface area (Å²) >= 11 is 0. The van der Waals surface area contributed by atoms with Crippen molar-refractivity contribution < 1.29 is 27.4 Å². The Labute approximate surface area is 237 Å². The zero-order chi connectivity index (χ0) is 29.2. The first-order chi connectivity index (χ1) is 18.9. The maximum absolute atomic E-state index is 14.0. The van der Waals surface area contributed by atoms with E-state index in [0.29, 0.717) is 23.6 Å². The molecule has 1 amide bonds. The normalized spacial score (nSPS) is 16.0. The molecule has 0 aliphatic carbocycles. The van der Waals surface area contributed by atoms with Gasteiger partial charge in [0.1, 0.15) is 17.2 Å². The lowest BCUT2D eigenvalue weighted by molar-refractivity contribution is -0.128. The Balaban J connectivity index is 1.69. The topological polar surface area (TPSA) is 94.2 Å². The summed E-state index contributed by atoms with van der Waals surface area (Å²) in [7, 11) is -0.881. The molecule has 214 valence electrons. The van der Waals surface area contributed by atoms with Crippen molar-refractivity contribution in [1.82, 2.24) is 5.32 Å². The van der Waals surface area contributed by atoms with Crippen LogP contribution in [0.2, 0.25) is 0 Å². The van der Waals surface area contributed by atoms with E-state index in [2.05, 4.69) is 26.1 Å². The number of rotatable bonds is 8. The quantitative estimate of drug-likeness (QED) is 0.385. The maximum atomic E-state index is 14.0. The summed E-state index contributed by atoms with van der Waals surface area (Å²) in [4.78, 5) is 13.7. The average molecular weight is 567 g/mol. The van der Waals surface area contributed by atoms with Crippen LogP contribution in [0.1, 0.15) is 56.8 Å². The average Bonchev–Trinajstić information content (AvgIpc) is 2.94. The summed E-state index contributed by atoms with van der Waals surface area (Å²) in [5, 5.41) is 3.07. The monoisotopic (exact) mass is 566 g/mol. The Bertz CT molecular complexity index is 1480. The molecule has 2 atom stereocenters. The molecule has 0 unspecified atom stereocenters. The van der Waals surface area contributed by atoms with Crippen LogP contribution in [-0.4, -0.2) is 41.2 Å². The molecular formula is C31H38N2O6S. The van der Waals surface area contributed by atoms with Crippen molar-refractivity contribution in [1.29, 1.82) is 0 Å². The third-order valence-corrected chi connectivity index (χ3v) is 8.97. The Kier molecular flexibility index (Phi) is 8.35. The smallest absolute Gasteiger partial charge is 0.264 e. The molecule has 9 heteroatoms. The number of carbonyl (C=O) groups excluding carboxylic acids is 1. The van der Waals surface area contributed by atoms with Crippen molar-refractivity contribution in [2.45, 2.75) is 63.5 Å². The zero-order valence-corrected chi connectivity index (χ0v) is 25.0. The number of aryl methyl sites for hydroxylation is 1. The van der Waals surface area contributed by atoms with Gasteiger partial charge in [-0.3, -0.25) is 9.10 Å². The van der Waals surface area contributed by atoms with E-state index in [1.807, 2.05) is 44.2 Å². The largest absolute Gasteiger partial charge is 0.497 e. The second-order valence-electron chi connectivity index (χ2n) is 10.9. The molecule has 1 N–H and O–H groups in total. The molecule has 0 aromatic heterocycles. The van der Waals surface area contributed by atoms with Gasteiger partial charge in [0.05, 0.1) is 37.4 Å². The standard InChI is InChI=1S/C31H38N2O6S/c1-8-25(21-9-15-27(38-7)20(2)17-21)32-30(34)29-19-33(40(35,36)24-13-11-23(37-6)12-14-24)26-18-22(31(3,4)5)10-16-28(26)39-29/h9-18,25,29H,8,19H2,1-7H3,(H,32,34)/t25-,29+/m0/s1. The van der Waals surface area contributed by atoms with Gasteiger partial charge in [0.2, 0.25) is 0 Å². The fraction of sp³-hybridized carbons (Fsp3) is 0.387. The fourth-order valence-corrected chi connectivity index (χ4v) is 6.23. The van der Waals surface area contributed by atoms with E-state index >= 15 is 0 Å². The molecule has 1 aliphatic rings. The van der Waals surface area contributed by atoms with Crippen LogP contribution in [0.4, 0.5) is 5.69 Å². The zero-order valence-electron chi connectivity index (χ0n) is 24.1. The minimum absolute atomic E-state index is 0.0987. The van der Waals surface area contributed by atoms with Crippen molar-refractivity contribution in [3.8, 4) is 17.2 Å². The van der Waals surface area contributed by atoms with Crippen molar-refractivity contribution >= 4 is 21.6 Å². The Morgan fingerprint density at radius 2 is 1.75 bits per heavy atom. The van der Waals surface area contributed by atoms with E-state index in [-0.39, 0.29) is 28.8 Å². The van der Waals surface area contributed by atoms with Gasteiger partial charge in [-0.05, 0) is 77.9 Å². The predicted molar refractivity (Wildman–Crippen MR) is 156 cm³/mol. The van der Waals surface area contributed by atoms with Gasteiger partial charge in [0, 0.05) is 0 Å². The molecule has 0 bridgehead atoms. The summed E-state index contributed by atoms with van der Waals surface area (Å²) in [5.41, 5.74) is 3.03. The number of hydrogen-bond donors (Lipinski definition) is 1. The SMILES string of the molecule is CC[C@H](NC(=O)[C@H]1CN(S(=O)(=O)c2ccc(OC)cc2)c2cc(C(C)(C)C)ccc2O1)c1ccc(OC)c(C)c1. The second-order valence-corrected chi connectivity index (χ2v) is 12.8. The van der Waals surface area contributed by atoms with Crippen molar-refractivity contribution in [3.63, 3.8) is 0 Å². The van der Waals surface area contributed by atoms with E-state index < -0.39 is 16.1 Å². The third kappa shape index (κ3) is 5.89. The lowest BCUT2D eigenvalue weighted by Crippen LogP contribution is -2.51. The number of nitrogens with zero attached hydrogens (tertiary/aromatic N) is 1. The number of ether oxygens (including phenoxy) is 3. The van der Waals surface area contributed by atoms with Crippen LogP contribution in [0.3, 0.4) is 0 Å². The van der Waals surface area contributed by atoms with Crippen LogP contribution >= 0.6 is 0 Å². The predicted octanol–water partition coefficient (Wildman–Crippen LogP) is 5.53. The van der Waals surface area contributed by atoms with Gasteiger partial charge >= 0.3 is 0 Å². The number of anilines is 1. The van der Waals surface area contributed by atoms with Gasteiger partial charge < -0.3 is 19.5 Å². The number of benzene rings is 3. The second kappa shape index (κ2) is 11.4. The van der Waals surface area contributed by atoms with E-state index in [9.17, 15) is 13.2 Å². The number of carbonyl (C=O) groups is 1. The van der Waals surface area contributed by atoms with Crippen molar-refractivity contribution in [2.24, 2.45) is 0 Å². The summed E-state index contributed by atoms with van der Waals surface area (Å²) in [6.45, 7) is 9.94. The maximum Gasteiger partial charge on any atom is 0.264 e. The molecule has 0 saturated carbocycles. The molecule has 1 aliphatic heterocycles. The van der Waals surface area contributed by atoms with Crippen LogP contribution < -0.4 is 23.8 Å². The van der Waals surface area contributed by atoms with Gasteiger partial charge in [-0.15, -0.1) is 0 Å². The van der Waals surface area contributed by atoms with Crippen LogP contribution in [0.15, 0.2) is 65.6 Å². The molecule has 0 spiro atoms. The van der Waals surface area contributed by atoms with Gasteiger partial charge in [0.25, 0.3) is 15.9 Å². The van der Waals surface area contributed by atoms with Crippen LogP contribution in [0.5, 0.6) is 17.2 Å². The number of methoxy groups -OCH3 is 2. The van der Waals surface area contributed by atoms with Crippen LogP contribution in [0.25, 0.3) is 0 Å². The Morgan fingerprint density at radius 1 is 1.05 bits per heavy atom. The number of sulfonamides is 1. The minimum Gasteiger partial charge on any atom is -0.497 e. The highest BCUT2D eigenvalue weighted by atomic mass is 32.2. The molecule has 0 radical (unpaired) electrons. The molecular weight excluding hydrogens is 528 g/mol. The Morgan fingerprint density at radius 3 is 2.33 bits per heavy atom. The Hall–Kier alpha value is -3.72. The number of nitrogens with one attached hydrogen (secondary N) is 1. The van der Waals surface area contributed by atoms with E-state index in [4.69, 9.17) is 14.2 Å². The molecule has 40 heavy (non-hydrogen) atoms. The van der Waals surface area contributed by atoms with E-state index in [1.165, 1.54) is 23.5 Å². The molecule has 4 rings (SSSR count). The minimum atomic E-state index is -4.02. The molecule has 0 saturated heterocycles. The highest BCUT2D eigenvalue weighted by Gasteiger charge is 2.39. The lowest BCUT2D eigenvalue weighted by Gasteiger charge is -2.36. The van der Waals surface area contributed by atoms with E-state index in [1.54, 1.807) is 25.3 Å². The van der Waals surface area contributed by atoms with Gasteiger partial charge in [-0.1, -0.05) is 45.9 Å². The molecule has 1 heterocycles. The number of hydrogen-bond acceptors (Lipinski definition) is 6. The van der Waals surface area contributed by atoms with Crippen molar-refractivity contribution in [3.05, 3.63) is 77.4 Å². The van der Waals surface area contributed by atoms with Gasteiger partial charge in [-0.2, -0.15) is 0 Å². The van der Waals surface area contributed by atoms with Crippen molar-refractivity contribution in [2.75, 3.05) is 25.1 Å². The summed E-state index contributed by atoms with van der Waals surface area (Å²) in [5.74, 6) is 1.27. The molecule has 3 aromatic carbocycles. The summed E-state index contributed by atoms with van der Waals surface area (Å²) in [6, 6.07) is 17.2. The van der Waals surface area contributed by atoms with Gasteiger partial charge in [-0.25, -0.2) is 8.42 Å². The summed E-state index contributed by atoms with van der Waals surface area (Å²) in [6.07, 6.45) is -0.404. The molecule has 3 aromatic rings. The van der Waals surface area contributed by atoms with Crippen LogP contribution in [-0.2, 0) is 20.2 Å². The molecule has 8 nitrogen and oxygen atoms in total. The van der Waals surface area contributed by atoms with Crippen LogP contribution in [0, 0.1) is 6.92 Å². The summed E-state index contributed by atoms with van der Waals surface area (Å²) < 4.78 is 45.9. The fourth-order valence-electron chi connectivity index (χ4n) is 4.76. The first-order valence-corrected chi connectivity index (χ1v) is 14.8. The number of fused-ring (bicyclic) bond motifs is 1. The molecule has 0 fully saturated rings. The third-order valence-electron chi connectivity index (χ3n) is 7.18. The first kappa shape index (κ1) is 29.3. The highest BCUT2D eigenvalue weighted by Crippen LogP contribution is 2.40. The highest BCUT2D eigenvalue weighted by molar-refractivity contribution is 7.92. The van der Waals surface area contributed by atoms with E-state index in [0.717, 1.165) is 22.4 Å². The number of amides is 1. The van der Waals surface area contributed by atoms with Gasteiger partial charge in [0.15, 0.2) is 6.10 Å². The first-order valence-electron chi connectivity index (χ1n) is 13.3. The lowest BCUT2D eigenvalue weighted by atomic mass is 9.86.